The molecule has 1 aliphatic carbocycles. The third-order valence-electron chi connectivity index (χ3n) is 12.2. The topological polar surface area (TPSA) is 135 Å². The normalized spacial score (nSPS) is 27.0. The van der Waals surface area contributed by atoms with Crippen molar-refractivity contribution in [3.63, 3.8) is 0 Å². The number of nitriles is 1. The van der Waals surface area contributed by atoms with E-state index in [9.17, 15) is 37.6 Å². The summed E-state index contributed by atoms with van der Waals surface area (Å²) < 4.78 is 47.5. The molecule has 3 heterocycles. The summed E-state index contributed by atoms with van der Waals surface area (Å²) in [4.78, 5) is 55.6. The number of rotatable bonds is 11. The number of anilines is 2. The number of amides is 4. The fourth-order valence-corrected chi connectivity index (χ4v) is 9.72. The van der Waals surface area contributed by atoms with Gasteiger partial charge in [0.05, 0.1) is 41.5 Å². The highest BCUT2D eigenvalue weighted by Gasteiger charge is 2.52. The summed E-state index contributed by atoms with van der Waals surface area (Å²) in [5.74, 6) is -0.918. The standard InChI is InChI=1S/C42H51F3N6O5S/c1-25-20-33(21-26(2)49(25)24-37(53)47-30-12-9-28(10-13-30)34-17-18-36(52)48-38(34)54)56-19-5-6-27-7-14-31(15-8-27)51-40(57)50(39(55)41(51,3)4)32-16-11-29(23-46)35(22-32)42(43,44)45/h9-13,16,22,25-27,31,33-34H,5-8,14-15,17-21,24H2,1-4H3,(H,47,53)(H,48,52,54)/t25-,26+,27-,31-,33+,34?. The van der Waals surface area contributed by atoms with Crippen molar-refractivity contribution in [1.82, 2.24) is 15.1 Å². The summed E-state index contributed by atoms with van der Waals surface area (Å²) in [7, 11) is 0. The minimum atomic E-state index is -4.75. The van der Waals surface area contributed by atoms with E-state index in [1.807, 2.05) is 17.0 Å². The first-order valence-electron chi connectivity index (χ1n) is 19.9. The number of carbonyl (C=O) groups excluding carboxylic acids is 4. The molecule has 0 bridgehead atoms. The lowest BCUT2D eigenvalue weighted by Crippen LogP contribution is -2.51. The van der Waals surface area contributed by atoms with Gasteiger partial charge in [0.15, 0.2) is 5.11 Å². The Hall–Kier alpha value is -4.39. The van der Waals surface area contributed by atoms with Crippen molar-refractivity contribution in [2.75, 3.05) is 23.4 Å². The van der Waals surface area contributed by atoms with Gasteiger partial charge in [0.25, 0.3) is 5.91 Å². The zero-order valence-corrected chi connectivity index (χ0v) is 33.7. The number of benzene rings is 2. The van der Waals surface area contributed by atoms with Crippen LogP contribution in [0.25, 0.3) is 0 Å². The number of hydrogen-bond acceptors (Lipinski definition) is 8. The van der Waals surface area contributed by atoms with E-state index in [-0.39, 0.29) is 65.2 Å². The van der Waals surface area contributed by atoms with Crippen LogP contribution in [0.15, 0.2) is 42.5 Å². The van der Waals surface area contributed by atoms with Crippen LogP contribution in [0.4, 0.5) is 24.5 Å². The maximum atomic E-state index is 13.7. The molecule has 3 aliphatic heterocycles. The van der Waals surface area contributed by atoms with Gasteiger partial charge < -0.3 is 15.0 Å². The molecule has 1 saturated carbocycles. The molecule has 11 nitrogen and oxygen atoms in total. The molecule has 6 rings (SSSR count). The lowest BCUT2D eigenvalue weighted by molar-refractivity contribution is -0.138. The number of nitrogens with one attached hydrogen (secondary N) is 2. The minimum absolute atomic E-state index is 0.00765. The number of carbonyl (C=O) groups is 4. The van der Waals surface area contributed by atoms with E-state index in [1.54, 1.807) is 32.0 Å². The average Bonchev–Trinajstić information content (AvgIpc) is 3.33. The summed E-state index contributed by atoms with van der Waals surface area (Å²) in [6.07, 6.45) is 3.23. The van der Waals surface area contributed by atoms with Crippen LogP contribution in [0, 0.1) is 17.2 Å². The first kappa shape index (κ1) is 42.2. The summed E-state index contributed by atoms with van der Waals surface area (Å²) in [5.41, 5.74) is -1.16. The summed E-state index contributed by atoms with van der Waals surface area (Å²) in [6.45, 7) is 8.67. The second-order valence-electron chi connectivity index (χ2n) is 16.5. The Labute approximate surface area is 337 Å². The van der Waals surface area contributed by atoms with Gasteiger partial charge in [-0.1, -0.05) is 12.1 Å². The molecule has 1 unspecified atom stereocenters. The first-order valence-corrected chi connectivity index (χ1v) is 20.3. The van der Waals surface area contributed by atoms with Gasteiger partial charge in [-0.3, -0.25) is 34.3 Å². The van der Waals surface area contributed by atoms with Gasteiger partial charge in [0, 0.05) is 36.8 Å². The van der Waals surface area contributed by atoms with Crippen LogP contribution in [0.5, 0.6) is 0 Å². The molecular weight excluding hydrogens is 758 g/mol. The number of likely N-dealkylation sites (tertiary alicyclic amines) is 1. The molecule has 4 aliphatic rings. The molecule has 0 aromatic heterocycles. The van der Waals surface area contributed by atoms with Crippen LogP contribution in [-0.4, -0.2) is 81.5 Å². The van der Waals surface area contributed by atoms with Gasteiger partial charge in [0.2, 0.25) is 17.7 Å². The molecule has 57 heavy (non-hydrogen) atoms. The molecule has 2 aromatic rings. The second kappa shape index (κ2) is 17.2. The van der Waals surface area contributed by atoms with Crippen molar-refractivity contribution >= 4 is 52.3 Å². The zero-order chi connectivity index (χ0) is 41.2. The molecule has 306 valence electrons. The highest BCUT2D eigenvalue weighted by molar-refractivity contribution is 7.80. The van der Waals surface area contributed by atoms with E-state index in [2.05, 4.69) is 29.4 Å². The summed E-state index contributed by atoms with van der Waals surface area (Å²) in [5, 5.41) is 14.8. The number of thiocarbonyl (C=S) groups is 1. The number of halogens is 3. The number of alkyl halides is 3. The van der Waals surface area contributed by atoms with Gasteiger partial charge >= 0.3 is 6.18 Å². The van der Waals surface area contributed by atoms with Crippen LogP contribution in [-0.2, 0) is 30.1 Å². The fourth-order valence-electron chi connectivity index (χ4n) is 9.15. The molecule has 15 heteroatoms. The Morgan fingerprint density at radius 1 is 1.02 bits per heavy atom. The number of hydrogen-bond donors (Lipinski definition) is 2. The predicted molar refractivity (Wildman–Crippen MR) is 212 cm³/mol. The van der Waals surface area contributed by atoms with E-state index < -0.39 is 28.7 Å². The molecule has 4 fully saturated rings. The maximum Gasteiger partial charge on any atom is 0.417 e. The molecule has 0 radical (unpaired) electrons. The van der Waals surface area contributed by atoms with Gasteiger partial charge in [-0.25, -0.2) is 0 Å². The number of piperidine rings is 2. The third-order valence-corrected chi connectivity index (χ3v) is 12.6. The van der Waals surface area contributed by atoms with Crippen molar-refractivity contribution in [1.29, 1.82) is 5.26 Å². The SMILES string of the molecule is C[C@@H]1C[C@H](OCCC[C@H]2CC[C@H](N3C(=S)N(c4ccc(C#N)c(C(F)(F)F)c4)C(=O)C3(C)C)CC2)C[C@H](C)N1CC(=O)Nc1ccc(C2CCC(=O)NC2=O)cc1. The van der Waals surface area contributed by atoms with Gasteiger partial charge in [-0.2, -0.15) is 18.4 Å². The summed E-state index contributed by atoms with van der Waals surface area (Å²) >= 11 is 5.75. The molecule has 0 spiro atoms. The van der Waals surface area contributed by atoms with E-state index in [1.165, 1.54) is 11.0 Å². The second-order valence-corrected chi connectivity index (χ2v) is 16.9. The van der Waals surface area contributed by atoms with Crippen LogP contribution in [0.1, 0.15) is 115 Å². The lowest BCUT2D eigenvalue weighted by atomic mass is 9.82. The van der Waals surface area contributed by atoms with Crippen molar-refractivity contribution in [3.05, 3.63) is 59.2 Å². The average molecular weight is 809 g/mol. The largest absolute Gasteiger partial charge is 0.417 e. The highest BCUT2D eigenvalue weighted by atomic mass is 32.1. The minimum Gasteiger partial charge on any atom is -0.378 e. The van der Waals surface area contributed by atoms with Crippen LogP contribution in [0.2, 0.25) is 0 Å². The smallest absolute Gasteiger partial charge is 0.378 e. The fraction of sp³-hybridized carbons (Fsp3) is 0.571. The Morgan fingerprint density at radius 2 is 1.68 bits per heavy atom. The van der Waals surface area contributed by atoms with Gasteiger partial charge in [-0.05, 0) is 140 Å². The van der Waals surface area contributed by atoms with Crippen molar-refractivity contribution in [2.45, 2.75) is 134 Å². The van der Waals surface area contributed by atoms with Crippen LogP contribution >= 0.6 is 12.2 Å². The van der Waals surface area contributed by atoms with Gasteiger partial charge in [0.1, 0.15) is 5.54 Å². The van der Waals surface area contributed by atoms with Crippen LogP contribution < -0.4 is 15.5 Å². The highest BCUT2D eigenvalue weighted by Crippen LogP contribution is 2.42. The Balaban J connectivity index is 0.918. The monoisotopic (exact) mass is 808 g/mol. The maximum absolute atomic E-state index is 13.7. The van der Waals surface area contributed by atoms with Crippen molar-refractivity contribution in [3.8, 4) is 6.07 Å². The number of ether oxygens (including phenoxy) is 1. The van der Waals surface area contributed by atoms with Crippen molar-refractivity contribution in [2.24, 2.45) is 5.92 Å². The molecule has 2 aromatic carbocycles. The van der Waals surface area contributed by atoms with Crippen LogP contribution in [0.3, 0.4) is 0 Å². The quantitative estimate of drug-likeness (QED) is 0.139. The number of nitrogens with zero attached hydrogens (tertiary/aromatic N) is 4. The Bertz CT molecular complexity index is 1900. The molecular formula is C42H51F3N6O5S. The van der Waals surface area contributed by atoms with E-state index in [4.69, 9.17) is 17.0 Å². The van der Waals surface area contributed by atoms with Crippen molar-refractivity contribution < 1.29 is 37.1 Å². The Morgan fingerprint density at radius 3 is 2.30 bits per heavy atom. The Kier molecular flexibility index (Phi) is 12.8. The first-order chi connectivity index (χ1) is 27.0. The number of imide groups is 1. The molecule has 3 saturated heterocycles. The van der Waals surface area contributed by atoms with E-state index in [0.717, 1.165) is 69.1 Å². The zero-order valence-electron chi connectivity index (χ0n) is 32.9. The molecule has 4 amide bonds. The van der Waals surface area contributed by atoms with E-state index in [0.29, 0.717) is 31.1 Å². The van der Waals surface area contributed by atoms with E-state index >= 15 is 0 Å². The summed E-state index contributed by atoms with van der Waals surface area (Å²) in [6, 6.07) is 12.4. The molecule has 2 N–H and O–H groups in total. The third kappa shape index (κ3) is 9.34. The molecule has 4 atom stereocenters. The van der Waals surface area contributed by atoms with Gasteiger partial charge in [-0.15, -0.1) is 0 Å². The lowest BCUT2D eigenvalue weighted by Gasteiger charge is -2.42. The predicted octanol–water partition coefficient (Wildman–Crippen LogP) is 7.05.